The van der Waals surface area contributed by atoms with E-state index in [1.807, 2.05) is 13.8 Å². The van der Waals surface area contributed by atoms with Crippen molar-refractivity contribution in [3.8, 4) is 0 Å². The Morgan fingerprint density at radius 1 is 0.920 bits per heavy atom. The Hall–Kier alpha value is -2.27. The van der Waals surface area contributed by atoms with Crippen molar-refractivity contribution < 1.29 is 9.59 Å². The minimum absolute atomic E-state index is 0.0238. The first-order valence-corrected chi connectivity index (χ1v) is 9.43. The third-order valence-electron chi connectivity index (χ3n) is 3.58. The molecule has 4 nitrogen and oxygen atoms in total. The molecule has 25 heavy (non-hydrogen) atoms. The van der Waals surface area contributed by atoms with E-state index in [-0.39, 0.29) is 17.7 Å². The number of hydrogen-bond donors (Lipinski definition) is 2. The molecular weight excluding hydrogens is 332 g/mol. The van der Waals surface area contributed by atoms with E-state index in [1.54, 1.807) is 36.0 Å². The lowest BCUT2D eigenvalue weighted by Crippen LogP contribution is -2.18. The SMILES string of the molecule is Cc1ccc(CSCC(=O)Nc2ccc(NC(=O)C(C)C)cc2)cc1. The number of anilines is 2. The van der Waals surface area contributed by atoms with Crippen molar-refractivity contribution in [1.29, 1.82) is 0 Å². The molecule has 0 aliphatic rings. The summed E-state index contributed by atoms with van der Waals surface area (Å²) in [6, 6.07) is 15.5. The Bertz CT molecular complexity index is 709. The van der Waals surface area contributed by atoms with Gasteiger partial charge in [-0.15, -0.1) is 11.8 Å². The van der Waals surface area contributed by atoms with Crippen LogP contribution in [0.25, 0.3) is 0 Å². The van der Waals surface area contributed by atoms with Crippen LogP contribution >= 0.6 is 11.8 Å². The number of nitrogens with one attached hydrogen (secondary N) is 2. The fraction of sp³-hybridized carbons (Fsp3) is 0.300. The fourth-order valence-corrected chi connectivity index (χ4v) is 2.85. The fourth-order valence-electron chi connectivity index (χ4n) is 2.07. The van der Waals surface area contributed by atoms with Gasteiger partial charge >= 0.3 is 0 Å². The molecule has 2 N–H and O–H groups in total. The first-order chi connectivity index (χ1) is 11.9. The Balaban J connectivity index is 1.76. The molecule has 2 aromatic rings. The van der Waals surface area contributed by atoms with E-state index in [0.717, 1.165) is 17.1 Å². The second-order valence-corrected chi connectivity index (χ2v) is 7.23. The van der Waals surface area contributed by atoms with Crippen LogP contribution in [-0.4, -0.2) is 17.6 Å². The van der Waals surface area contributed by atoms with Gasteiger partial charge in [-0.3, -0.25) is 9.59 Å². The number of carbonyl (C=O) groups is 2. The zero-order chi connectivity index (χ0) is 18.2. The number of benzene rings is 2. The maximum Gasteiger partial charge on any atom is 0.234 e. The molecule has 0 spiro atoms. The predicted octanol–water partition coefficient (Wildman–Crippen LogP) is 4.46. The molecule has 132 valence electrons. The largest absolute Gasteiger partial charge is 0.326 e. The first kappa shape index (κ1) is 19.1. The Morgan fingerprint density at radius 3 is 2.04 bits per heavy atom. The standard InChI is InChI=1S/C20H24N2O2S/c1-14(2)20(24)22-18-10-8-17(9-11-18)21-19(23)13-25-12-16-6-4-15(3)5-7-16/h4-11,14H,12-13H2,1-3H3,(H,21,23)(H,22,24). The van der Waals surface area contributed by atoms with Crippen LogP contribution in [0.2, 0.25) is 0 Å². The predicted molar refractivity (Wildman–Crippen MR) is 106 cm³/mol. The normalized spacial score (nSPS) is 10.6. The summed E-state index contributed by atoms with van der Waals surface area (Å²) in [6.45, 7) is 5.75. The van der Waals surface area contributed by atoms with Gasteiger partial charge in [-0.1, -0.05) is 43.7 Å². The minimum Gasteiger partial charge on any atom is -0.326 e. The highest BCUT2D eigenvalue weighted by Gasteiger charge is 2.07. The van der Waals surface area contributed by atoms with Crippen molar-refractivity contribution in [2.24, 2.45) is 5.92 Å². The van der Waals surface area contributed by atoms with E-state index in [2.05, 4.69) is 41.8 Å². The van der Waals surface area contributed by atoms with Gasteiger partial charge in [0.05, 0.1) is 5.75 Å². The van der Waals surface area contributed by atoms with Gasteiger partial charge in [0.25, 0.3) is 0 Å². The lowest BCUT2D eigenvalue weighted by molar-refractivity contribution is -0.119. The minimum atomic E-state index is -0.0649. The van der Waals surface area contributed by atoms with Crippen LogP contribution < -0.4 is 10.6 Å². The van der Waals surface area contributed by atoms with Gasteiger partial charge in [-0.25, -0.2) is 0 Å². The quantitative estimate of drug-likeness (QED) is 0.770. The van der Waals surface area contributed by atoms with Crippen LogP contribution in [0.5, 0.6) is 0 Å². The van der Waals surface area contributed by atoms with Gasteiger partial charge in [-0.2, -0.15) is 0 Å². The van der Waals surface area contributed by atoms with Crippen molar-refractivity contribution in [2.45, 2.75) is 26.5 Å². The third kappa shape index (κ3) is 6.63. The molecule has 0 saturated heterocycles. The molecule has 2 aromatic carbocycles. The zero-order valence-corrected chi connectivity index (χ0v) is 15.7. The number of aryl methyl sites for hydroxylation is 1. The molecular formula is C20H24N2O2S. The Kier molecular flexibility index (Phi) is 7.07. The first-order valence-electron chi connectivity index (χ1n) is 8.28. The van der Waals surface area contributed by atoms with Crippen molar-refractivity contribution in [3.63, 3.8) is 0 Å². The maximum atomic E-state index is 12.0. The summed E-state index contributed by atoms with van der Waals surface area (Å²) in [5, 5.41) is 5.69. The van der Waals surface area contributed by atoms with Gasteiger partial charge in [0.1, 0.15) is 0 Å². The van der Waals surface area contributed by atoms with Crippen LogP contribution in [0.15, 0.2) is 48.5 Å². The van der Waals surface area contributed by atoms with Crippen molar-refractivity contribution in [1.82, 2.24) is 0 Å². The van der Waals surface area contributed by atoms with Crippen LogP contribution in [0, 0.1) is 12.8 Å². The molecule has 2 amide bonds. The molecule has 0 bridgehead atoms. The van der Waals surface area contributed by atoms with Crippen LogP contribution in [0.1, 0.15) is 25.0 Å². The molecule has 0 saturated carbocycles. The average Bonchev–Trinajstić information content (AvgIpc) is 2.58. The molecule has 0 unspecified atom stereocenters. The Morgan fingerprint density at radius 2 is 1.48 bits per heavy atom. The number of carbonyl (C=O) groups excluding carboxylic acids is 2. The summed E-state index contributed by atoms with van der Waals surface area (Å²) in [6.07, 6.45) is 0. The summed E-state index contributed by atoms with van der Waals surface area (Å²) in [4.78, 5) is 23.7. The molecule has 0 radical (unpaired) electrons. The van der Waals surface area contributed by atoms with E-state index in [1.165, 1.54) is 11.1 Å². The van der Waals surface area contributed by atoms with Gasteiger partial charge in [-0.05, 0) is 36.8 Å². The monoisotopic (exact) mass is 356 g/mol. The van der Waals surface area contributed by atoms with Gasteiger partial charge in [0.15, 0.2) is 0 Å². The maximum absolute atomic E-state index is 12.0. The summed E-state index contributed by atoms with van der Waals surface area (Å²) in [5.41, 5.74) is 3.90. The van der Waals surface area contributed by atoms with E-state index in [4.69, 9.17) is 0 Å². The summed E-state index contributed by atoms with van der Waals surface area (Å²) in [5.74, 6) is 1.10. The molecule has 0 heterocycles. The topological polar surface area (TPSA) is 58.2 Å². The summed E-state index contributed by atoms with van der Waals surface area (Å²) >= 11 is 1.59. The number of thioether (sulfide) groups is 1. The van der Waals surface area contributed by atoms with Crippen molar-refractivity contribution in [3.05, 3.63) is 59.7 Å². The molecule has 0 aliphatic heterocycles. The van der Waals surface area contributed by atoms with Crippen molar-refractivity contribution in [2.75, 3.05) is 16.4 Å². The molecule has 2 rings (SSSR count). The van der Waals surface area contributed by atoms with Crippen molar-refractivity contribution >= 4 is 35.0 Å². The van der Waals surface area contributed by atoms with Gasteiger partial charge < -0.3 is 10.6 Å². The zero-order valence-electron chi connectivity index (χ0n) is 14.8. The van der Waals surface area contributed by atoms with Gasteiger partial charge in [0, 0.05) is 23.0 Å². The number of amides is 2. The van der Waals surface area contributed by atoms with E-state index in [9.17, 15) is 9.59 Å². The van der Waals surface area contributed by atoms with Gasteiger partial charge in [0.2, 0.25) is 11.8 Å². The molecule has 0 fully saturated rings. The number of rotatable bonds is 7. The lowest BCUT2D eigenvalue weighted by atomic mass is 10.2. The van der Waals surface area contributed by atoms with E-state index < -0.39 is 0 Å². The second-order valence-electron chi connectivity index (χ2n) is 6.25. The summed E-state index contributed by atoms with van der Waals surface area (Å²) in [7, 11) is 0. The highest BCUT2D eigenvalue weighted by Crippen LogP contribution is 2.16. The summed E-state index contributed by atoms with van der Waals surface area (Å²) < 4.78 is 0. The molecule has 0 aliphatic carbocycles. The highest BCUT2D eigenvalue weighted by molar-refractivity contribution is 7.99. The average molecular weight is 356 g/mol. The van der Waals surface area contributed by atoms with E-state index >= 15 is 0 Å². The van der Waals surface area contributed by atoms with Crippen LogP contribution in [0.4, 0.5) is 11.4 Å². The third-order valence-corrected chi connectivity index (χ3v) is 4.59. The van der Waals surface area contributed by atoms with Crippen LogP contribution in [0.3, 0.4) is 0 Å². The molecule has 5 heteroatoms. The van der Waals surface area contributed by atoms with E-state index in [0.29, 0.717) is 5.75 Å². The molecule has 0 atom stereocenters. The Labute approximate surface area is 153 Å². The second kappa shape index (κ2) is 9.28. The number of hydrogen-bond acceptors (Lipinski definition) is 3. The molecule has 0 aromatic heterocycles. The lowest BCUT2D eigenvalue weighted by Gasteiger charge is -2.09. The highest BCUT2D eigenvalue weighted by atomic mass is 32.2. The smallest absolute Gasteiger partial charge is 0.234 e. The van der Waals surface area contributed by atoms with Crippen LogP contribution in [-0.2, 0) is 15.3 Å².